The largest absolute Gasteiger partial charge is 0.491 e. The molecule has 20 heavy (non-hydrogen) atoms. The van der Waals surface area contributed by atoms with Gasteiger partial charge in [-0.05, 0) is 34.2 Å². The maximum Gasteiger partial charge on any atom is 0.190 e. The van der Waals surface area contributed by atoms with Gasteiger partial charge < -0.3 is 19.6 Å². The average Bonchev–Trinajstić information content (AvgIpc) is 3.28. The number of halogens is 1. The summed E-state index contributed by atoms with van der Waals surface area (Å²) in [5.41, 5.74) is 2.53. The van der Waals surface area contributed by atoms with Crippen LogP contribution in [0.4, 0.5) is 0 Å². The molecule has 104 valence electrons. The fourth-order valence-corrected chi connectivity index (χ4v) is 2.72. The standard InChI is InChI=1S/C13H12IN2O3P/c14-20-19-4-3-18-8-1-2-9-10(5-8)16-11(6-13(9)17)12-7-15-12/h1-2,5-7,15,20H,3-4H2,(H,16,17). The molecule has 0 amide bonds. The second kappa shape index (κ2) is 6.11. The predicted molar refractivity (Wildman–Crippen MR) is 89.5 cm³/mol. The third kappa shape index (κ3) is 3.13. The zero-order valence-corrected chi connectivity index (χ0v) is 13.6. The number of aromatic amines is 1. The lowest BCUT2D eigenvalue weighted by molar-refractivity contribution is 0.237. The van der Waals surface area contributed by atoms with Crippen LogP contribution in [0.3, 0.4) is 0 Å². The van der Waals surface area contributed by atoms with Crippen LogP contribution in [0.15, 0.2) is 35.3 Å². The predicted octanol–water partition coefficient (Wildman–Crippen LogP) is 2.77. The molecule has 3 rings (SSSR count). The minimum atomic E-state index is 0.00402. The summed E-state index contributed by atoms with van der Waals surface area (Å²) < 4.78 is 10.8. The van der Waals surface area contributed by atoms with E-state index in [1.165, 1.54) is 0 Å². The molecule has 2 N–H and O–H groups in total. The van der Waals surface area contributed by atoms with Crippen LogP contribution in [-0.2, 0) is 4.52 Å². The number of benzene rings is 1. The van der Waals surface area contributed by atoms with Crippen LogP contribution in [0.5, 0.6) is 5.75 Å². The van der Waals surface area contributed by atoms with E-state index in [9.17, 15) is 4.79 Å². The summed E-state index contributed by atoms with van der Waals surface area (Å²) in [5, 5.41) is 3.64. The van der Waals surface area contributed by atoms with Crippen molar-refractivity contribution in [3.8, 4) is 5.75 Å². The number of hydrogen-bond donors (Lipinski definition) is 2. The quantitative estimate of drug-likeness (QED) is 0.443. The van der Waals surface area contributed by atoms with Crippen LogP contribution in [0, 0.1) is 0 Å². The number of aromatic nitrogens is 1. The molecule has 1 unspecified atom stereocenters. The third-order valence-corrected chi connectivity index (χ3v) is 4.14. The summed E-state index contributed by atoms with van der Waals surface area (Å²) in [6.07, 6.45) is 1.85. The van der Waals surface area contributed by atoms with Gasteiger partial charge in [-0.2, -0.15) is 0 Å². The van der Waals surface area contributed by atoms with Gasteiger partial charge in [-0.15, -0.1) is 0 Å². The van der Waals surface area contributed by atoms with E-state index < -0.39 is 0 Å². The summed E-state index contributed by atoms with van der Waals surface area (Å²) in [5.74, 6) is 0.725. The summed E-state index contributed by atoms with van der Waals surface area (Å²) in [6, 6.07) is 7.03. The van der Waals surface area contributed by atoms with Crippen molar-refractivity contribution in [1.29, 1.82) is 0 Å². The fourth-order valence-electron chi connectivity index (χ4n) is 1.90. The Morgan fingerprint density at radius 3 is 2.85 bits per heavy atom. The molecule has 0 radical (unpaired) electrons. The molecule has 2 heterocycles. The van der Waals surface area contributed by atoms with E-state index in [1.807, 2.05) is 12.3 Å². The molecule has 1 aromatic carbocycles. The maximum absolute atomic E-state index is 12.0. The minimum Gasteiger partial charge on any atom is -0.491 e. The summed E-state index contributed by atoms with van der Waals surface area (Å²) in [4.78, 5) is 15.2. The number of pyridine rings is 1. The zero-order chi connectivity index (χ0) is 13.9. The van der Waals surface area contributed by atoms with Crippen molar-refractivity contribution in [1.82, 2.24) is 10.3 Å². The van der Waals surface area contributed by atoms with E-state index in [1.54, 1.807) is 18.2 Å². The highest BCUT2D eigenvalue weighted by Crippen LogP contribution is 2.23. The molecule has 0 aliphatic carbocycles. The molecule has 0 bridgehead atoms. The van der Waals surface area contributed by atoms with Crippen molar-refractivity contribution in [2.75, 3.05) is 13.2 Å². The van der Waals surface area contributed by atoms with Gasteiger partial charge in [0.2, 0.25) is 0 Å². The van der Waals surface area contributed by atoms with Crippen molar-refractivity contribution >= 4 is 45.1 Å². The first-order valence-electron chi connectivity index (χ1n) is 6.02. The fraction of sp³-hybridized carbons (Fsp3) is 0.154. The lowest BCUT2D eigenvalue weighted by Crippen LogP contribution is -2.06. The van der Waals surface area contributed by atoms with E-state index >= 15 is 0 Å². The Morgan fingerprint density at radius 1 is 1.25 bits per heavy atom. The van der Waals surface area contributed by atoms with Gasteiger partial charge in [-0.1, -0.05) is 0 Å². The van der Waals surface area contributed by atoms with Gasteiger partial charge in [0.15, 0.2) is 5.43 Å². The number of nitrogens with one attached hydrogen (secondary N) is 2. The van der Waals surface area contributed by atoms with Crippen LogP contribution in [0.25, 0.3) is 16.6 Å². The molecule has 1 aliphatic rings. The average molecular weight is 402 g/mol. The highest BCUT2D eigenvalue weighted by Gasteiger charge is 2.12. The van der Waals surface area contributed by atoms with E-state index in [2.05, 4.69) is 32.3 Å². The van der Waals surface area contributed by atoms with Crippen LogP contribution in [-0.4, -0.2) is 18.2 Å². The lowest BCUT2D eigenvalue weighted by Gasteiger charge is -2.07. The Balaban J connectivity index is 1.85. The lowest BCUT2D eigenvalue weighted by atomic mass is 10.2. The normalized spacial score (nSPS) is 13.6. The van der Waals surface area contributed by atoms with Gasteiger partial charge in [0, 0.05) is 23.7 Å². The summed E-state index contributed by atoms with van der Waals surface area (Å²) in [6.45, 7) is 1.50. The molecular weight excluding hydrogens is 390 g/mol. The van der Waals surface area contributed by atoms with Gasteiger partial charge >= 0.3 is 0 Å². The SMILES string of the molecule is O=c1cc(C2=CN2)[nH]c2cc(OCCOPI)ccc12. The van der Waals surface area contributed by atoms with E-state index in [4.69, 9.17) is 9.26 Å². The summed E-state index contributed by atoms with van der Waals surface area (Å²) >= 11 is 2.17. The van der Waals surface area contributed by atoms with Crippen molar-refractivity contribution in [2.45, 2.75) is 0 Å². The molecule has 0 fully saturated rings. The maximum atomic E-state index is 12.0. The third-order valence-electron chi connectivity index (χ3n) is 2.89. The second-order valence-corrected chi connectivity index (χ2v) is 6.00. The molecule has 1 aromatic heterocycles. The Kier molecular flexibility index (Phi) is 4.24. The van der Waals surface area contributed by atoms with Crippen molar-refractivity contribution in [3.05, 3.63) is 46.4 Å². The van der Waals surface area contributed by atoms with Crippen LogP contribution in [0.1, 0.15) is 5.69 Å². The number of fused-ring (bicyclic) bond motifs is 1. The number of hydrogen-bond acceptors (Lipinski definition) is 4. The molecule has 0 spiro atoms. The first kappa shape index (κ1) is 13.9. The van der Waals surface area contributed by atoms with Gasteiger partial charge in [0.05, 0.1) is 30.0 Å². The molecule has 7 heteroatoms. The Bertz CT molecular complexity index is 729. The smallest absolute Gasteiger partial charge is 0.190 e. The molecular formula is C13H12IN2O3P. The van der Waals surface area contributed by atoms with Crippen LogP contribution < -0.4 is 15.5 Å². The molecule has 5 nitrogen and oxygen atoms in total. The van der Waals surface area contributed by atoms with Crippen molar-refractivity contribution < 1.29 is 9.26 Å². The van der Waals surface area contributed by atoms with Crippen molar-refractivity contribution in [2.24, 2.45) is 0 Å². The van der Waals surface area contributed by atoms with Gasteiger partial charge in [-0.3, -0.25) is 4.79 Å². The van der Waals surface area contributed by atoms with Gasteiger partial charge in [0.1, 0.15) is 12.4 Å². The van der Waals surface area contributed by atoms with E-state index in [-0.39, 0.29) is 5.43 Å². The summed E-state index contributed by atoms with van der Waals surface area (Å²) in [7, 11) is 0. The first-order valence-corrected chi connectivity index (χ1v) is 10.0. The van der Waals surface area contributed by atoms with Crippen LogP contribution in [0.2, 0.25) is 0 Å². The van der Waals surface area contributed by atoms with Crippen molar-refractivity contribution in [3.63, 3.8) is 0 Å². The minimum absolute atomic E-state index is 0.00402. The zero-order valence-electron chi connectivity index (χ0n) is 10.4. The molecule has 1 aliphatic heterocycles. The Morgan fingerprint density at radius 2 is 2.10 bits per heavy atom. The number of ether oxygens (including phenoxy) is 1. The molecule has 0 saturated carbocycles. The Labute approximate surface area is 130 Å². The topological polar surface area (TPSA) is 73.3 Å². The van der Waals surface area contributed by atoms with E-state index in [0.717, 1.165) is 22.7 Å². The molecule has 0 saturated heterocycles. The van der Waals surface area contributed by atoms with Gasteiger partial charge in [-0.25, -0.2) is 0 Å². The highest BCUT2D eigenvalue weighted by molar-refractivity contribution is 14.2. The molecule has 1 atom stereocenters. The van der Waals surface area contributed by atoms with Crippen LogP contribution >= 0.6 is 28.5 Å². The second-order valence-electron chi connectivity index (χ2n) is 4.23. The molecule has 2 aromatic rings. The van der Waals surface area contributed by atoms with Gasteiger partial charge in [0.25, 0.3) is 0 Å². The monoisotopic (exact) mass is 402 g/mol. The van der Waals surface area contributed by atoms with E-state index in [0.29, 0.717) is 25.1 Å². The first-order chi connectivity index (χ1) is 9.78. The Hall–Kier alpha value is -1.11. The number of rotatable bonds is 6. The highest BCUT2D eigenvalue weighted by atomic mass is 127. The number of H-pyrrole nitrogens is 1.